The highest BCUT2D eigenvalue weighted by Gasteiger charge is 2.05. The summed E-state index contributed by atoms with van der Waals surface area (Å²) < 4.78 is 0. The minimum Gasteiger partial charge on any atom is -0.333 e. The van der Waals surface area contributed by atoms with E-state index in [0.717, 1.165) is 0 Å². The number of hydrogen-bond acceptors (Lipinski definition) is 4. The van der Waals surface area contributed by atoms with Gasteiger partial charge in [0.05, 0.1) is 0 Å². The van der Waals surface area contributed by atoms with Gasteiger partial charge in [0.1, 0.15) is 13.2 Å². The Kier molecular flexibility index (Phi) is 5.76. The Balaban J connectivity index is 2.52. The second-order valence-corrected chi connectivity index (χ2v) is 2.76. The van der Waals surface area contributed by atoms with Crippen molar-refractivity contribution in [1.29, 1.82) is 0 Å². The van der Waals surface area contributed by atoms with Crippen LogP contribution in [0.25, 0.3) is 0 Å². The van der Waals surface area contributed by atoms with Crippen molar-refractivity contribution >= 4 is 0 Å². The molecule has 1 aromatic carbocycles. The molecule has 0 bridgehead atoms. The van der Waals surface area contributed by atoms with Crippen LogP contribution >= 0.6 is 0 Å². The second kappa shape index (κ2) is 7.50. The van der Waals surface area contributed by atoms with Crippen LogP contribution in [-0.4, -0.2) is 13.2 Å². The Morgan fingerprint density at radius 3 is 1.69 bits per heavy atom. The van der Waals surface area contributed by atoms with Crippen molar-refractivity contribution in [2.45, 2.75) is 0 Å². The molecular formula is C12H14O4. The predicted octanol–water partition coefficient (Wildman–Crippen LogP) is 2.68. The Hall–Kier alpha value is -1.78. The van der Waals surface area contributed by atoms with Crippen molar-refractivity contribution in [3.63, 3.8) is 0 Å². The quantitative estimate of drug-likeness (QED) is 0.293. The van der Waals surface area contributed by atoms with Crippen LogP contribution in [0, 0.1) is 0 Å². The summed E-state index contributed by atoms with van der Waals surface area (Å²) in [7, 11) is 0. The SMILES string of the molecule is C=CCOOc1ccccc1OOCC=C. The monoisotopic (exact) mass is 222 g/mol. The van der Waals surface area contributed by atoms with Gasteiger partial charge in [-0.3, -0.25) is 0 Å². The fourth-order valence-electron chi connectivity index (χ4n) is 0.879. The first-order valence-corrected chi connectivity index (χ1v) is 4.78. The zero-order chi connectivity index (χ0) is 11.6. The maximum absolute atomic E-state index is 5.01. The molecule has 0 saturated carbocycles. The lowest BCUT2D eigenvalue weighted by Crippen LogP contribution is -2.01. The van der Waals surface area contributed by atoms with Crippen molar-refractivity contribution < 1.29 is 19.6 Å². The van der Waals surface area contributed by atoms with Gasteiger partial charge >= 0.3 is 0 Å². The Morgan fingerprint density at radius 2 is 1.31 bits per heavy atom. The van der Waals surface area contributed by atoms with E-state index in [1.165, 1.54) is 0 Å². The summed E-state index contributed by atoms with van der Waals surface area (Å²) in [5, 5.41) is 0. The average Bonchev–Trinajstić information content (AvgIpc) is 2.32. The third-order valence-electron chi connectivity index (χ3n) is 1.52. The van der Waals surface area contributed by atoms with Crippen LogP contribution < -0.4 is 9.78 Å². The highest BCUT2D eigenvalue weighted by molar-refractivity contribution is 5.38. The van der Waals surface area contributed by atoms with Gasteiger partial charge in [-0.2, -0.15) is 9.78 Å². The zero-order valence-electron chi connectivity index (χ0n) is 8.93. The molecule has 0 N–H and O–H groups in total. The van der Waals surface area contributed by atoms with Crippen molar-refractivity contribution in [3.8, 4) is 11.5 Å². The zero-order valence-corrected chi connectivity index (χ0v) is 8.93. The molecule has 0 unspecified atom stereocenters. The molecule has 0 heterocycles. The molecule has 0 fully saturated rings. The van der Waals surface area contributed by atoms with Gasteiger partial charge in [0.15, 0.2) is 0 Å². The highest BCUT2D eigenvalue weighted by atomic mass is 17.2. The molecule has 1 rings (SSSR count). The van der Waals surface area contributed by atoms with Crippen molar-refractivity contribution in [2.75, 3.05) is 13.2 Å². The third-order valence-corrected chi connectivity index (χ3v) is 1.52. The van der Waals surface area contributed by atoms with Crippen LogP contribution in [0.3, 0.4) is 0 Å². The van der Waals surface area contributed by atoms with Crippen molar-refractivity contribution in [2.24, 2.45) is 0 Å². The molecule has 0 aliphatic heterocycles. The van der Waals surface area contributed by atoms with E-state index in [-0.39, 0.29) is 0 Å². The lowest BCUT2D eigenvalue weighted by atomic mass is 10.3. The van der Waals surface area contributed by atoms with E-state index >= 15 is 0 Å². The maximum atomic E-state index is 5.01. The van der Waals surface area contributed by atoms with E-state index in [4.69, 9.17) is 19.6 Å². The molecule has 0 saturated heterocycles. The van der Waals surface area contributed by atoms with Crippen molar-refractivity contribution in [1.82, 2.24) is 0 Å². The van der Waals surface area contributed by atoms with E-state index in [9.17, 15) is 0 Å². The topological polar surface area (TPSA) is 36.9 Å². The van der Waals surface area contributed by atoms with Crippen LogP contribution in [0.15, 0.2) is 49.6 Å². The number of rotatable bonds is 8. The fourth-order valence-corrected chi connectivity index (χ4v) is 0.879. The Bertz CT molecular complexity index is 303. The van der Waals surface area contributed by atoms with Crippen LogP contribution in [0.5, 0.6) is 11.5 Å². The van der Waals surface area contributed by atoms with Gasteiger partial charge in [0, 0.05) is 0 Å². The van der Waals surface area contributed by atoms with E-state index in [1.54, 1.807) is 36.4 Å². The summed E-state index contributed by atoms with van der Waals surface area (Å²) in [6.45, 7) is 7.59. The molecule has 4 nitrogen and oxygen atoms in total. The maximum Gasteiger partial charge on any atom is 0.211 e. The molecule has 0 spiro atoms. The summed E-state index contributed by atoms with van der Waals surface area (Å²) in [4.78, 5) is 19.7. The summed E-state index contributed by atoms with van der Waals surface area (Å²) in [5.41, 5.74) is 0. The summed E-state index contributed by atoms with van der Waals surface area (Å²) in [5.74, 6) is 0.877. The molecule has 0 radical (unpaired) electrons. The number of benzene rings is 1. The molecule has 1 aromatic rings. The van der Waals surface area contributed by atoms with Gasteiger partial charge in [0.25, 0.3) is 0 Å². The molecule has 4 heteroatoms. The van der Waals surface area contributed by atoms with Crippen LogP contribution in [-0.2, 0) is 9.78 Å². The normalized spacial score (nSPS) is 9.50. The van der Waals surface area contributed by atoms with Gasteiger partial charge in [-0.15, -0.1) is 13.2 Å². The molecular weight excluding hydrogens is 208 g/mol. The number of hydrogen-bond donors (Lipinski definition) is 0. The van der Waals surface area contributed by atoms with E-state index < -0.39 is 0 Å². The van der Waals surface area contributed by atoms with E-state index in [1.807, 2.05) is 0 Å². The Labute approximate surface area is 94.6 Å². The third kappa shape index (κ3) is 4.16. The summed E-state index contributed by atoms with van der Waals surface area (Å²) >= 11 is 0. The number of para-hydroxylation sites is 2. The van der Waals surface area contributed by atoms with Gasteiger partial charge in [-0.25, -0.2) is 0 Å². The molecule has 86 valence electrons. The first kappa shape index (κ1) is 12.3. The minimum atomic E-state index is 0.294. The standard InChI is InChI=1S/C12H14O4/c1-3-9-13-15-11-7-5-6-8-12(11)16-14-10-4-2/h3-8H,1-2,9-10H2. The van der Waals surface area contributed by atoms with Crippen molar-refractivity contribution in [3.05, 3.63) is 49.6 Å². The Morgan fingerprint density at radius 1 is 0.875 bits per heavy atom. The lowest BCUT2D eigenvalue weighted by molar-refractivity contribution is -0.218. The first-order chi connectivity index (χ1) is 7.88. The van der Waals surface area contributed by atoms with Crippen LogP contribution in [0.1, 0.15) is 0 Å². The highest BCUT2D eigenvalue weighted by Crippen LogP contribution is 2.26. The van der Waals surface area contributed by atoms with Crippen LogP contribution in [0.4, 0.5) is 0 Å². The smallest absolute Gasteiger partial charge is 0.211 e. The summed E-state index contributed by atoms with van der Waals surface area (Å²) in [6.07, 6.45) is 3.16. The van der Waals surface area contributed by atoms with E-state index in [0.29, 0.717) is 24.7 Å². The van der Waals surface area contributed by atoms with Gasteiger partial charge < -0.3 is 9.78 Å². The lowest BCUT2D eigenvalue weighted by Gasteiger charge is -2.08. The van der Waals surface area contributed by atoms with Gasteiger partial charge in [-0.1, -0.05) is 24.3 Å². The molecule has 16 heavy (non-hydrogen) atoms. The molecule has 0 aliphatic rings. The molecule has 0 aliphatic carbocycles. The second-order valence-electron chi connectivity index (χ2n) is 2.76. The van der Waals surface area contributed by atoms with E-state index in [2.05, 4.69) is 13.2 Å². The first-order valence-electron chi connectivity index (χ1n) is 4.78. The predicted molar refractivity (Wildman–Crippen MR) is 60.0 cm³/mol. The molecule has 0 atom stereocenters. The largest absolute Gasteiger partial charge is 0.333 e. The fraction of sp³-hybridized carbons (Fsp3) is 0.167. The summed E-state index contributed by atoms with van der Waals surface area (Å²) in [6, 6.07) is 7.01. The average molecular weight is 222 g/mol. The molecule has 0 amide bonds. The minimum absolute atomic E-state index is 0.294. The van der Waals surface area contributed by atoms with Gasteiger partial charge in [0.2, 0.25) is 11.5 Å². The molecule has 0 aromatic heterocycles. The van der Waals surface area contributed by atoms with Gasteiger partial charge in [-0.05, 0) is 12.1 Å². The van der Waals surface area contributed by atoms with Crippen LogP contribution in [0.2, 0.25) is 0 Å².